The van der Waals surface area contributed by atoms with E-state index in [1.165, 1.54) is 28.0 Å². The van der Waals surface area contributed by atoms with Gasteiger partial charge >= 0.3 is 0 Å². The second kappa shape index (κ2) is 10.6. The molecule has 0 saturated heterocycles. The number of hydrogen-bond donors (Lipinski definition) is 1. The molecule has 204 valence electrons. The quantitative estimate of drug-likeness (QED) is 0.207. The first-order valence-electron chi connectivity index (χ1n) is 13.1. The monoisotopic (exact) mass is 574 g/mol. The molecular weight excluding hydrogens is 548 g/mol. The van der Waals surface area contributed by atoms with Crippen molar-refractivity contribution >= 4 is 34.3 Å². The first kappa shape index (κ1) is 25.2. The van der Waals surface area contributed by atoms with Crippen LogP contribution in [0.2, 0.25) is 5.02 Å². The fraction of sp³-hybridized carbons (Fsp3) is 0.267. The highest BCUT2D eigenvalue weighted by atomic mass is 35.5. The van der Waals surface area contributed by atoms with Crippen LogP contribution in [-0.4, -0.2) is 36.5 Å². The van der Waals surface area contributed by atoms with Gasteiger partial charge in [-0.2, -0.15) is 5.10 Å². The highest BCUT2D eigenvalue weighted by Gasteiger charge is 2.37. The number of hydrazone groups is 1. The summed E-state index contributed by atoms with van der Waals surface area (Å²) in [5, 5.41) is 7.86. The topological polar surface area (TPSA) is 77.4 Å². The molecule has 0 spiro atoms. The van der Waals surface area contributed by atoms with Gasteiger partial charge in [0.2, 0.25) is 11.9 Å². The van der Waals surface area contributed by atoms with Gasteiger partial charge in [0.1, 0.15) is 6.61 Å². The summed E-state index contributed by atoms with van der Waals surface area (Å²) in [6.07, 6.45) is 5.36. The number of rotatable bonds is 7. The maximum Gasteiger partial charge on any atom is 0.231 e. The van der Waals surface area contributed by atoms with Gasteiger partial charge in [0.25, 0.3) is 0 Å². The van der Waals surface area contributed by atoms with Gasteiger partial charge in [-0.1, -0.05) is 23.7 Å². The summed E-state index contributed by atoms with van der Waals surface area (Å²) in [7, 11) is 1.68. The van der Waals surface area contributed by atoms with Crippen LogP contribution < -0.4 is 24.4 Å². The minimum absolute atomic E-state index is 0.210. The van der Waals surface area contributed by atoms with Crippen LogP contribution in [0.4, 0.5) is 5.13 Å². The number of benzene rings is 3. The van der Waals surface area contributed by atoms with E-state index in [1.807, 2.05) is 41.9 Å². The van der Waals surface area contributed by atoms with Crippen molar-refractivity contribution in [2.75, 3.05) is 25.9 Å². The third kappa shape index (κ3) is 4.74. The Morgan fingerprint density at radius 1 is 1.18 bits per heavy atom. The number of fused-ring (bicyclic) bond motifs is 5. The number of halogens is 1. The number of nitrogens with one attached hydrogen (secondary N) is 1. The molecule has 8 nitrogen and oxygen atoms in total. The molecule has 1 atom stereocenters. The third-order valence-electron chi connectivity index (χ3n) is 7.67. The van der Waals surface area contributed by atoms with E-state index >= 15 is 0 Å². The van der Waals surface area contributed by atoms with Crippen molar-refractivity contribution < 1.29 is 18.9 Å². The zero-order valence-electron chi connectivity index (χ0n) is 21.9. The van der Waals surface area contributed by atoms with Gasteiger partial charge in [-0.3, -0.25) is 10.3 Å². The number of aromatic nitrogens is 1. The smallest absolute Gasteiger partial charge is 0.231 e. The number of ether oxygens (including phenoxy) is 4. The minimum Gasteiger partial charge on any atom is -0.493 e. The van der Waals surface area contributed by atoms with Gasteiger partial charge in [0.05, 0.1) is 13.3 Å². The molecule has 40 heavy (non-hydrogen) atoms. The molecule has 7 rings (SSSR count). The van der Waals surface area contributed by atoms with Crippen LogP contribution in [0, 0.1) is 0 Å². The molecule has 4 aromatic rings. The van der Waals surface area contributed by atoms with E-state index in [2.05, 4.69) is 32.5 Å². The first-order valence-corrected chi connectivity index (χ1v) is 14.4. The van der Waals surface area contributed by atoms with Crippen molar-refractivity contribution in [1.82, 2.24) is 9.88 Å². The maximum atomic E-state index is 6.48. The van der Waals surface area contributed by atoms with E-state index in [4.69, 9.17) is 30.5 Å². The third-order valence-corrected chi connectivity index (χ3v) is 8.60. The normalized spacial score (nSPS) is 17.3. The average Bonchev–Trinajstić information content (AvgIpc) is 3.67. The number of thiazole rings is 1. The van der Waals surface area contributed by atoms with Gasteiger partial charge in [0, 0.05) is 46.9 Å². The Bertz CT molecular complexity index is 1580. The van der Waals surface area contributed by atoms with Gasteiger partial charge in [-0.05, 0) is 65.4 Å². The van der Waals surface area contributed by atoms with E-state index in [0.29, 0.717) is 17.4 Å². The number of methoxy groups -OCH3 is 1. The molecule has 0 radical (unpaired) electrons. The molecule has 1 aromatic heterocycles. The van der Waals surface area contributed by atoms with E-state index < -0.39 is 0 Å². The van der Waals surface area contributed by atoms with Crippen molar-refractivity contribution in [2.45, 2.75) is 32.0 Å². The molecule has 0 fully saturated rings. The standard InChI is InChI=1S/C30H27ClN4O4S/c1-36-28-11-20(14-33-34-30-32-7-9-40-30)22-12-25-23-13-27-26(38-17-39-27)10-19(23)6-8-35(25)15-24(22)29(28)37-16-18-2-4-21(31)5-3-18/h2-5,7,9-11,13-14,25H,6,8,12,15-17H2,1H3,(H,32,34)/b33-14+. The second-order valence-corrected chi connectivity index (χ2v) is 11.3. The molecule has 3 aliphatic rings. The molecule has 3 aromatic carbocycles. The molecule has 10 heteroatoms. The molecule has 1 unspecified atom stereocenters. The second-order valence-electron chi connectivity index (χ2n) is 9.92. The largest absolute Gasteiger partial charge is 0.493 e. The van der Waals surface area contributed by atoms with Crippen molar-refractivity contribution in [2.24, 2.45) is 5.10 Å². The summed E-state index contributed by atoms with van der Waals surface area (Å²) < 4.78 is 23.7. The molecule has 4 heterocycles. The van der Waals surface area contributed by atoms with Gasteiger partial charge in [-0.25, -0.2) is 4.98 Å². The van der Waals surface area contributed by atoms with Crippen LogP contribution in [0.25, 0.3) is 0 Å². The lowest BCUT2D eigenvalue weighted by Crippen LogP contribution is -2.40. The minimum atomic E-state index is 0.210. The molecule has 0 saturated carbocycles. The Balaban J connectivity index is 1.27. The molecule has 0 amide bonds. The summed E-state index contributed by atoms with van der Waals surface area (Å²) in [6.45, 7) is 2.37. The highest BCUT2D eigenvalue weighted by molar-refractivity contribution is 7.13. The zero-order chi connectivity index (χ0) is 27.1. The molecule has 0 bridgehead atoms. The Labute approximate surface area is 241 Å². The van der Waals surface area contributed by atoms with Crippen LogP contribution in [0.1, 0.15) is 39.4 Å². The Morgan fingerprint density at radius 3 is 2.83 bits per heavy atom. The fourth-order valence-electron chi connectivity index (χ4n) is 5.73. The lowest BCUT2D eigenvalue weighted by atomic mass is 9.82. The molecule has 3 aliphatic heterocycles. The molecule has 0 aliphatic carbocycles. The van der Waals surface area contributed by atoms with Crippen molar-refractivity contribution in [3.05, 3.63) is 92.4 Å². The maximum absolute atomic E-state index is 6.48. The SMILES string of the molecule is COc1cc(/C=N/Nc2nccs2)c2c(c1OCc1ccc(Cl)cc1)CN1CCc3cc4c(cc3C1C2)OCO4. The van der Waals surface area contributed by atoms with Gasteiger partial charge in [-0.15, -0.1) is 11.3 Å². The Morgan fingerprint density at radius 2 is 2.02 bits per heavy atom. The fourth-order valence-corrected chi connectivity index (χ4v) is 6.33. The van der Waals surface area contributed by atoms with Crippen LogP contribution in [0.15, 0.2) is 59.1 Å². The van der Waals surface area contributed by atoms with Crippen LogP contribution in [-0.2, 0) is 26.0 Å². The van der Waals surface area contributed by atoms with Crippen molar-refractivity contribution in [3.63, 3.8) is 0 Å². The predicted octanol–water partition coefficient (Wildman–Crippen LogP) is 6.21. The van der Waals surface area contributed by atoms with Crippen molar-refractivity contribution in [1.29, 1.82) is 0 Å². The van der Waals surface area contributed by atoms with E-state index in [9.17, 15) is 0 Å². The first-order chi connectivity index (χ1) is 19.7. The number of nitrogens with zero attached hydrogens (tertiary/aromatic N) is 3. The Hall–Kier alpha value is -3.79. The summed E-state index contributed by atoms with van der Waals surface area (Å²) in [5.74, 6) is 3.12. The molecule has 1 N–H and O–H groups in total. The van der Waals surface area contributed by atoms with Gasteiger partial charge < -0.3 is 18.9 Å². The van der Waals surface area contributed by atoms with E-state index in [1.54, 1.807) is 13.3 Å². The van der Waals surface area contributed by atoms with Crippen LogP contribution in [0.5, 0.6) is 23.0 Å². The Kier molecular flexibility index (Phi) is 6.71. The summed E-state index contributed by atoms with van der Waals surface area (Å²) in [6, 6.07) is 14.3. The number of hydrogen-bond acceptors (Lipinski definition) is 9. The highest BCUT2D eigenvalue weighted by Crippen LogP contribution is 2.47. The summed E-state index contributed by atoms with van der Waals surface area (Å²) in [4.78, 5) is 6.78. The average molecular weight is 575 g/mol. The predicted molar refractivity (Wildman–Crippen MR) is 155 cm³/mol. The summed E-state index contributed by atoms with van der Waals surface area (Å²) in [5.41, 5.74) is 10.0. The summed E-state index contributed by atoms with van der Waals surface area (Å²) >= 11 is 7.59. The molecular formula is C30H27ClN4O4S. The van der Waals surface area contributed by atoms with E-state index in [0.717, 1.165) is 65.0 Å². The lowest BCUT2D eigenvalue weighted by molar-refractivity contribution is 0.155. The number of anilines is 1. The van der Waals surface area contributed by atoms with Crippen LogP contribution >= 0.6 is 22.9 Å². The van der Waals surface area contributed by atoms with Crippen molar-refractivity contribution in [3.8, 4) is 23.0 Å². The van der Waals surface area contributed by atoms with Gasteiger partial charge in [0.15, 0.2) is 23.0 Å². The zero-order valence-corrected chi connectivity index (χ0v) is 23.4. The van der Waals surface area contributed by atoms with Crippen LogP contribution in [0.3, 0.4) is 0 Å². The lowest BCUT2D eigenvalue weighted by Gasteiger charge is -2.42. The van der Waals surface area contributed by atoms with E-state index in [-0.39, 0.29) is 12.8 Å².